The van der Waals surface area contributed by atoms with Gasteiger partial charge in [-0.2, -0.15) is 0 Å². The number of hydrogen-bond acceptors (Lipinski definition) is 2. The summed E-state index contributed by atoms with van der Waals surface area (Å²) in [5.74, 6) is -1.04. The lowest BCUT2D eigenvalue weighted by atomic mass is 10.0. The molecule has 0 fully saturated rings. The first-order valence-corrected chi connectivity index (χ1v) is 4.43. The molecule has 0 spiro atoms. The van der Waals surface area contributed by atoms with Gasteiger partial charge in [0, 0.05) is 18.9 Å². The summed E-state index contributed by atoms with van der Waals surface area (Å²) in [5.41, 5.74) is 0. The van der Waals surface area contributed by atoms with Crippen molar-refractivity contribution in [3.05, 3.63) is 0 Å². The minimum atomic E-state index is -0.857. The smallest absolute Gasteiger partial charge is 0.303 e. The van der Waals surface area contributed by atoms with Crippen LogP contribution in [0.25, 0.3) is 0 Å². The topological polar surface area (TPSA) is 66.4 Å². The first-order chi connectivity index (χ1) is 5.91. The summed E-state index contributed by atoms with van der Waals surface area (Å²) in [4.78, 5) is 21.4. The Morgan fingerprint density at radius 1 is 1.23 bits per heavy atom. The van der Waals surface area contributed by atoms with E-state index in [1.54, 1.807) is 6.92 Å². The lowest BCUT2D eigenvalue weighted by molar-refractivity contribution is -0.138. The van der Waals surface area contributed by atoms with Gasteiger partial charge in [-0.1, -0.05) is 6.92 Å². The van der Waals surface area contributed by atoms with Crippen LogP contribution in [-0.4, -0.2) is 23.0 Å². The maximum Gasteiger partial charge on any atom is 0.303 e. The van der Waals surface area contributed by atoms with Crippen molar-refractivity contribution in [2.24, 2.45) is 5.92 Å². The molecule has 4 heteroatoms. The summed E-state index contributed by atoms with van der Waals surface area (Å²) in [6, 6.07) is 0.115. The summed E-state index contributed by atoms with van der Waals surface area (Å²) < 4.78 is 0. The van der Waals surface area contributed by atoms with Crippen LogP contribution in [0.1, 0.15) is 33.6 Å². The molecule has 0 aliphatic heterocycles. The standard InChI is InChI=1S/C9H17NO3/c1-6(2)10-8(11)4-7(3)5-9(12)13/h6-7H,4-5H2,1-3H3,(H,10,11)(H,12,13). The molecule has 1 atom stereocenters. The molecule has 0 aromatic rings. The van der Waals surface area contributed by atoms with Crippen LogP contribution in [0, 0.1) is 5.92 Å². The molecule has 1 amide bonds. The average Bonchev–Trinajstić information content (AvgIpc) is 1.80. The zero-order valence-electron chi connectivity index (χ0n) is 8.33. The molecular weight excluding hydrogens is 170 g/mol. The Morgan fingerprint density at radius 2 is 1.77 bits per heavy atom. The van der Waals surface area contributed by atoms with E-state index in [1.165, 1.54) is 0 Å². The van der Waals surface area contributed by atoms with Crippen molar-refractivity contribution in [3.8, 4) is 0 Å². The van der Waals surface area contributed by atoms with E-state index < -0.39 is 5.97 Å². The number of rotatable bonds is 5. The summed E-state index contributed by atoms with van der Waals surface area (Å²) in [6.07, 6.45) is 0.329. The van der Waals surface area contributed by atoms with Gasteiger partial charge in [-0.15, -0.1) is 0 Å². The Hall–Kier alpha value is -1.06. The van der Waals surface area contributed by atoms with E-state index in [-0.39, 0.29) is 30.7 Å². The summed E-state index contributed by atoms with van der Waals surface area (Å²) in [5, 5.41) is 11.2. The lowest BCUT2D eigenvalue weighted by Crippen LogP contribution is -2.31. The number of aliphatic carboxylic acids is 1. The van der Waals surface area contributed by atoms with Gasteiger partial charge in [-0.3, -0.25) is 9.59 Å². The minimum Gasteiger partial charge on any atom is -0.481 e. The number of carboxylic acids is 1. The van der Waals surface area contributed by atoms with Gasteiger partial charge < -0.3 is 10.4 Å². The highest BCUT2D eigenvalue weighted by Crippen LogP contribution is 2.06. The fourth-order valence-corrected chi connectivity index (χ4v) is 1.07. The van der Waals surface area contributed by atoms with E-state index in [4.69, 9.17) is 5.11 Å². The van der Waals surface area contributed by atoms with E-state index in [0.717, 1.165) is 0 Å². The third-order valence-corrected chi connectivity index (χ3v) is 1.51. The molecule has 13 heavy (non-hydrogen) atoms. The first-order valence-electron chi connectivity index (χ1n) is 4.43. The van der Waals surface area contributed by atoms with Crippen molar-refractivity contribution >= 4 is 11.9 Å². The molecule has 0 saturated heterocycles. The molecule has 0 radical (unpaired) electrons. The number of carbonyl (C=O) groups excluding carboxylic acids is 1. The maximum atomic E-state index is 11.1. The van der Waals surface area contributed by atoms with Crippen LogP contribution >= 0.6 is 0 Å². The molecular formula is C9H17NO3. The van der Waals surface area contributed by atoms with Crippen molar-refractivity contribution in [1.29, 1.82) is 0 Å². The van der Waals surface area contributed by atoms with Gasteiger partial charge in [0.05, 0.1) is 0 Å². The highest BCUT2D eigenvalue weighted by Gasteiger charge is 2.12. The molecule has 2 N–H and O–H groups in total. The lowest BCUT2D eigenvalue weighted by Gasteiger charge is -2.11. The Morgan fingerprint density at radius 3 is 2.15 bits per heavy atom. The van der Waals surface area contributed by atoms with E-state index in [0.29, 0.717) is 0 Å². The fourth-order valence-electron chi connectivity index (χ4n) is 1.07. The van der Waals surface area contributed by atoms with Gasteiger partial charge in [-0.25, -0.2) is 0 Å². The monoisotopic (exact) mass is 187 g/mol. The molecule has 0 aliphatic carbocycles. The SMILES string of the molecule is CC(CC(=O)O)CC(=O)NC(C)C. The van der Waals surface area contributed by atoms with Crippen LogP contribution in [0.4, 0.5) is 0 Å². The van der Waals surface area contributed by atoms with E-state index in [1.807, 2.05) is 13.8 Å². The largest absolute Gasteiger partial charge is 0.481 e. The molecule has 76 valence electrons. The van der Waals surface area contributed by atoms with Gasteiger partial charge in [-0.05, 0) is 19.8 Å². The second-order valence-electron chi connectivity index (χ2n) is 3.63. The third-order valence-electron chi connectivity index (χ3n) is 1.51. The normalized spacial score (nSPS) is 12.6. The maximum absolute atomic E-state index is 11.1. The van der Waals surface area contributed by atoms with Crippen LogP contribution in [0.2, 0.25) is 0 Å². The van der Waals surface area contributed by atoms with Crippen molar-refractivity contribution in [3.63, 3.8) is 0 Å². The molecule has 0 rings (SSSR count). The summed E-state index contributed by atoms with van der Waals surface area (Å²) in [7, 11) is 0. The zero-order chi connectivity index (χ0) is 10.4. The number of amides is 1. The van der Waals surface area contributed by atoms with E-state index in [9.17, 15) is 9.59 Å². The zero-order valence-corrected chi connectivity index (χ0v) is 8.33. The predicted octanol–water partition coefficient (Wildman–Crippen LogP) is 1.01. The number of carbonyl (C=O) groups is 2. The Bertz CT molecular complexity index is 189. The van der Waals surface area contributed by atoms with Crippen LogP contribution in [-0.2, 0) is 9.59 Å². The van der Waals surface area contributed by atoms with E-state index >= 15 is 0 Å². The van der Waals surface area contributed by atoms with Crippen LogP contribution in [0.3, 0.4) is 0 Å². The van der Waals surface area contributed by atoms with Gasteiger partial charge in [0.1, 0.15) is 0 Å². The predicted molar refractivity (Wildman–Crippen MR) is 49.3 cm³/mol. The molecule has 0 aliphatic rings. The average molecular weight is 187 g/mol. The van der Waals surface area contributed by atoms with Crippen molar-refractivity contribution in [1.82, 2.24) is 5.32 Å². The highest BCUT2D eigenvalue weighted by molar-refractivity contribution is 5.77. The van der Waals surface area contributed by atoms with Crippen molar-refractivity contribution < 1.29 is 14.7 Å². The molecule has 0 aromatic heterocycles. The molecule has 0 saturated carbocycles. The van der Waals surface area contributed by atoms with Crippen molar-refractivity contribution in [2.45, 2.75) is 39.7 Å². The Kier molecular flexibility index (Phi) is 5.11. The highest BCUT2D eigenvalue weighted by atomic mass is 16.4. The van der Waals surface area contributed by atoms with Gasteiger partial charge >= 0.3 is 5.97 Å². The third kappa shape index (κ3) is 7.31. The number of hydrogen-bond donors (Lipinski definition) is 2. The summed E-state index contributed by atoms with van der Waals surface area (Å²) >= 11 is 0. The molecule has 0 heterocycles. The Balaban J connectivity index is 3.71. The van der Waals surface area contributed by atoms with Crippen LogP contribution in [0.5, 0.6) is 0 Å². The first kappa shape index (κ1) is 11.9. The van der Waals surface area contributed by atoms with E-state index in [2.05, 4.69) is 5.32 Å². The second-order valence-corrected chi connectivity index (χ2v) is 3.63. The fraction of sp³-hybridized carbons (Fsp3) is 0.778. The number of carboxylic acid groups (broad SMARTS) is 1. The molecule has 0 bridgehead atoms. The Labute approximate surface area is 78.3 Å². The van der Waals surface area contributed by atoms with Crippen molar-refractivity contribution in [2.75, 3.05) is 0 Å². The summed E-state index contributed by atoms with van der Waals surface area (Å²) in [6.45, 7) is 5.51. The van der Waals surface area contributed by atoms with Gasteiger partial charge in [0.25, 0.3) is 0 Å². The van der Waals surface area contributed by atoms with Crippen LogP contribution in [0.15, 0.2) is 0 Å². The van der Waals surface area contributed by atoms with Gasteiger partial charge in [0.2, 0.25) is 5.91 Å². The number of nitrogens with one attached hydrogen (secondary N) is 1. The minimum absolute atomic E-state index is 0.0471. The van der Waals surface area contributed by atoms with Gasteiger partial charge in [0.15, 0.2) is 0 Å². The van der Waals surface area contributed by atoms with Crippen LogP contribution < -0.4 is 5.32 Å². The molecule has 1 unspecified atom stereocenters. The second kappa shape index (κ2) is 5.56. The quantitative estimate of drug-likeness (QED) is 0.675. The molecule has 0 aromatic carbocycles. The molecule has 4 nitrogen and oxygen atoms in total.